The van der Waals surface area contributed by atoms with Gasteiger partial charge in [0, 0.05) is 44.4 Å². The number of anilines is 2. The van der Waals surface area contributed by atoms with Gasteiger partial charge in [-0.1, -0.05) is 0 Å². The molecule has 190 valence electrons. The first kappa shape index (κ1) is 23.2. The second kappa shape index (κ2) is 9.00. The molecule has 0 aliphatic carbocycles. The molecule has 1 fully saturated rings. The summed E-state index contributed by atoms with van der Waals surface area (Å²) in [5, 5.41) is 8.05. The number of H-pyrrole nitrogens is 2. The van der Waals surface area contributed by atoms with Gasteiger partial charge in [0.1, 0.15) is 22.7 Å². The first-order chi connectivity index (χ1) is 17.9. The Morgan fingerprint density at radius 2 is 1.86 bits per heavy atom. The maximum Gasteiger partial charge on any atom is 0.261 e. The molecule has 1 aliphatic heterocycles. The van der Waals surface area contributed by atoms with Crippen LogP contribution in [-0.4, -0.2) is 60.0 Å². The average molecular weight is 500 g/mol. The normalized spacial score (nSPS) is 19.0. The third kappa shape index (κ3) is 4.31. The lowest BCUT2D eigenvalue weighted by Gasteiger charge is -2.36. The maximum absolute atomic E-state index is 13.4. The second-order valence-corrected chi connectivity index (χ2v) is 9.69. The summed E-state index contributed by atoms with van der Waals surface area (Å²) in [6.07, 6.45) is 5.49. The Balaban J connectivity index is 1.45. The summed E-state index contributed by atoms with van der Waals surface area (Å²) in [4.78, 5) is 35.6. The lowest BCUT2D eigenvalue weighted by Crippen LogP contribution is -2.45. The van der Waals surface area contributed by atoms with Crippen molar-refractivity contribution in [1.82, 2.24) is 34.7 Å². The predicted molar refractivity (Wildman–Crippen MR) is 143 cm³/mol. The minimum Gasteiger partial charge on any atom is -0.373 e. The van der Waals surface area contributed by atoms with Crippen LogP contribution in [0, 0.1) is 0 Å². The van der Waals surface area contributed by atoms with Crippen LogP contribution >= 0.6 is 0 Å². The molecule has 4 aromatic heterocycles. The van der Waals surface area contributed by atoms with E-state index in [2.05, 4.69) is 61.2 Å². The monoisotopic (exact) mass is 499 g/mol. The van der Waals surface area contributed by atoms with Crippen molar-refractivity contribution in [2.75, 3.05) is 23.3 Å². The highest BCUT2D eigenvalue weighted by molar-refractivity contribution is 5.96. The highest BCUT2D eigenvalue weighted by Crippen LogP contribution is 2.33. The number of imidazole rings is 1. The van der Waals surface area contributed by atoms with E-state index < -0.39 is 0 Å². The van der Waals surface area contributed by atoms with E-state index in [-0.39, 0.29) is 23.8 Å². The van der Waals surface area contributed by atoms with Gasteiger partial charge in [0.25, 0.3) is 5.56 Å². The first-order valence-corrected chi connectivity index (χ1v) is 12.4. The van der Waals surface area contributed by atoms with Gasteiger partial charge in [0.2, 0.25) is 0 Å². The molecular weight excluding hydrogens is 470 g/mol. The number of rotatable bonds is 5. The number of nitrogens with zero attached hydrogens (tertiary/aromatic N) is 6. The lowest BCUT2D eigenvalue weighted by atomic mass is 10.1. The molecule has 11 heteroatoms. The molecule has 5 aromatic rings. The van der Waals surface area contributed by atoms with Crippen molar-refractivity contribution in [2.45, 2.75) is 39.0 Å². The zero-order valence-electron chi connectivity index (χ0n) is 21.2. The molecule has 1 unspecified atom stereocenters. The fourth-order valence-corrected chi connectivity index (χ4v) is 5.06. The van der Waals surface area contributed by atoms with E-state index in [0.29, 0.717) is 33.9 Å². The molecule has 3 atom stereocenters. The number of nitrogens with one attached hydrogen (secondary N) is 3. The van der Waals surface area contributed by atoms with Crippen molar-refractivity contribution in [3.8, 4) is 11.4 Å². The molecule has 5 heterocycles. The van der Waals surface area contributed by atoms with Gasteiger partial charge in [-0.15, -0.1) is 0 Å². The minimum atomic E-state index is -0.270. The van der Waals surface area contributed by atoms with Crippen LogP contribution in [0.2, 0.25) is 0 Å². The van der Waals surface area contributed by atoms with Crippen molar-refractivity contribution < 1.29 is 4.74 Å². The number of aromatic amines is 2. The van der Waals surface area contributed by atoms with Crippen LogP contribution in [-0.2, 0) is 11.8 Å². The van der Waals surface area contributed by atoms with Gasteiger partial charge >= 0.3 is 0 Å². The number of hydrogen-bond acceptors (Lipinski definition) is 8. The maximum atomic E-state index is 13.4. The molecule has 37 heavy (non-hydrogen) atoms. The second-order valence-electron chi connectivity index (χ2n) is 9.69. The molecule has 0 bridgehead atoms. The van der Waals surface area contributed by atoms with Crippen molar-refractivity contribution in [2.24, 2.45) is 7.05 Å². The van der Waals surface area contributed by atoms with E-state index in [1.165, 1.54) is 0 Å². The van der Waals surface area contributed by atoms with Crippen LogP contribution < -0.4 is 15.8 Å². The van der Waals surface area contributed by atoms with E-state index in [0.717, 1.165) is 29.8 Å². The lowest BCUT2D eigenvalue weighted by molar-refractivity contribution is -0.00521. The predicted octanol–water partition coefficient (Wildman–Crippen LogP) is 3.38. The molecule has 11 nitrogen and oxygen atoms in total. The minimum absolute atomic E-state index is 0.157. The molecule has 0 radical (unpaired) electrons. The number of benzene rings is 1. The van der Waals surface area contributed by atoms with Gasteiger partial charge in [-0.3, -0.25) is 9.48 Å². The first-order valence-electron chi connectivity index (χ1n) is 12.4. The van der Waals surface area contributed by atoms with E-state index >= 15 is 0 Å². The third-order valence-electron chi connectivity index (χ3n) is 6.61. The Bertz CT molecular complexity index is 1630. The van der Waals surface area contributed by atoms with Crippen LogP contribution in [0.15, 0.2) is 47.7 Å². The van der Waals surface area contributed by atoms with E-state index in [1.807, 2.05) is 20.0 Å². The number of ether oxygens (including phenoxy) is 1. The van der Waals surface area contributed by atoms with Crippen molar-refractivity contribution in [3.05, 3.63) is 59.0 Å². The fourth-order valence-electron chi connectivity index (χ4n) is 5.06. The zero-order chi connectivity index (χ0) is 25.7. The average Bonchev–Trinajstić information content (AvgIpc) is 3.45. The summed E-state index contributed by atoms with van der Waals surface area (Å²) >= 11 is 0. The number of hydrogen-bond donors (Lipinski definition) is 3. The Morgan fingerprint density at radius 3 is 2.62 bits per heavy atom. The molecule has 1 aliphatic rings. The molecular formula is C26H29N9O2. The van der Waals surface area contributed by atoms with Crippen molar-refractivity contribution in [3.63, 3.8) is 0 Å². The summed E-state index contributed by atoms with van der Waals surface area (Å²) in [7, 11) is 1.82. The molecule has 0 amide bonds. The van der Waals surface area contributed by atoms with Crippen LogP contribution in [0.4, 0.5) is 11.4 Å². The summed E-state index contributed by atoms with van der Waals surface area (Å²) in [5.41, 5.74) is 4.69. The number of pyridine rings is 1. The smallest absolute Gasteiger partial charge is 0.261 e. The SMILES string of the molecule is CC(Nc1c(-c2nc3ccc(N4C[C@@H](C)O[C@H](C)C4)cc3[nH]2)c(=O)[nH]c2cn(C)nc12)c1ncccn1. The highest BCUT2D eigenvalue weighted by Gasteiger charge is 2.24. The fraction of sp³-hybridized carbons (Fsp3) is 0.346. The van der Waals surface area contributed by atoms with Gasteiger partial charge < -0.3 is 24.9 Å². The standard InChI is InChI=1S/C26H29N9O2/c1-14-11-35(12-15(2)37-14)17-6-7-18-19(10-17)31-25(30-18)21-23(29-16(3)24-27-8-5-9-28-24)22-20(32-26(21)36)13-34(4)33-22/h5-10,13-16,29H,11-12H2,1-4H3,(H,30,31)(H,32,36)/t14-,15-,16?/m1/s1. The van der Waals surface area contributed by atoms with E-state index in [9.17, 15) is 4.79 Å². The molecule has 0 saturated carbocycles. The van der Waals surface area contributed by atoms with Crippen LogP contribution in [0.25, 0.3) is 33.5 Å². The summed E-state index contributed by atoms with van der Waals surface area (Å²) in [6, 6.07) is 7.63. The summed E-state index contributed by atoms with van der Waals surface area (Å²) in [5.74, 6) is 1.08. The van der Waals surface area contributed by atoms with Gasteiger partial charge in [0.15, 0.2) is 0 Å². The molecule has 3 N–H and O–H groups in total. The number of morpholine rings is 1. The number of fused-ring (bicyclic) bond motifs is 2. The van der Waals surface area contributed by atoms with Crippen molar-refractivity contribution in [1.29, 1.82) is 0 Å². The van der Waals surface area contributed by atoms with Crippen LogP contribution in [0.5, 0.6) is 0 Å². The Morgan fingerprint density at radius 1 is 1.11 bits per heavy atom. The Hall–Kier alpha value is -4.25. The third-order valence-corrected chi connectivity index (χ3v) is 6.61. The number of aromatic nitrogens is 7. The van der Waals surface area contributed by atoms with Gasteiger partial charge in [-0.2, -0.15) is 5.10 Å². The van der Waals surface area contributed by atoms with Gasteiger partial charge in [-0.25, -0.2) is 15.0 Å². The summed E-state index contributed by atoms with van der Waals surface area (Å²) in [6.45, 7) is 7.77. The van der Waals surface area contributed by atoms with E-state index in [1.54, 1.807) is 29.3 Å². The molecule has 1 aromatic carbocycles. The zero-order valence-corrected chi connectivity index (χ0v) is 21.2. The molecule has 1 saturated heterocycles. The molecule has 6 rings (SSSR count). The largest absolute Gasteiger partial charge is 0.373 e. The quantitative estimate of drug-likeness (QED) is 0.336. The molecule has 0 spiro atoms. The number of aryl methyl sites for hydroxylation is 1. The van der Waals surface area contributed by atoms with Crippen LogP contribution in [0.1, 0.15) is 32.6 Å². The highest BCUT2D eigenvalue weighted by atomic mass is 16.5. The van der Waals surface area contributed by atoms with E-state index in [4.69, 9.17) is 9.72 Å². The Kier molecular flexibility index (Phi) is 5.64. The topological polar surface area (TPSA) is 130 Å². The summed E-state index contributed by atoms with van der Waals surface area (Å²) < 4.78 is 7.57. The van der Waals surface area contributed by atoms with Gasteiger partial charge in [-0.05, 0) is 45.0 Å². The van der Waals surface area contributed by atoms with Crippen LogP contribution in [0.3, 0.4) is 0 Å². The van der Waals surface area contributed by atoms with Gasteiger partial charge in [0.05, 0.1) is 40.5 Å². The Labute approximate surface area is 212 Å². The van der Waals surface area contributed by atoms with Crippen molar-refractivity contribution >= 4 is 33.4 Å².